The number of benzene rings is 1. The molecule has 0 aliphatic heterocycles. The summed E-state index contributed by atoms with van der Waals surface area (Å²) in [6, 6.07) is 4.31. The lowest BCUT2D eigenvalue weighted by Gasteiger charge is -2.04. The Hall–Kier alpha value is -2.15. The molecule has 0 atom stereocenters. The first-order valence-electron chi connectivity index (χ1n) is 4.80. The first kappa shape index (κ1) is 12.3. The molecule has 1 aromatic carbocycles. The van der Waals surface area contributed by atoms with Gasteiger partial charge in [0.1, 0.15) is 5.82 Å². The zero-order valence-electron chi connectivity index (χ0n) is 8.88. The summed E-state index contributed by atoms with van der Waals surface area (Å²) < 4.78 is 19.0. The second kappa shape index (κ2) is 5.01. The first-order chi connectivity index (χ1) is 8.56. The number of carbonyl (C=O) groups is 1. The van der Waals surface area contributed by atoms with Crippen molar-refractivity contribution in [3.8, 4) is 5.88 Å². The van der Waals surface area contributed by atoms with Crippen molar-refractivity contribution >= 4 is 17.8 Å². The Morgan fingerprint density at radius 3 is 3.00 bits per heavy atom. The fourth-order valence-electron chi connectivity index (χ4n) is 1.34. The molecule has 0 unspecified atom stereocenters. The highest BCUT2D eigenvalue weighted by atomic mass is 35.5. The van der Waals surface area contributed by atoms with Gasteiger partial charge in [0.05, 0.1) is 12.7 Å². The molecule has 0 spiro atoms. The Morgan fingerprint density at radius 2 is 2.33 bits per heavy atom. The third-order valence-electron chi connectivity index (χ3n) is 2.09. The fourth-order valence-corrected chi connectivity index (χ4v) is 1.56. The summed E-state index contributed by atoms with van der Waals surface area (Å²) in [6.07, 6.45) is -0.261. The quantitative estimate of drug-likeness (QED) is 0.866. The van der Waals surface area contributed by atoms with Crippen LogP contribution < -0.4 is 4.74 Å². The molecule has 1 aromatic heterocycles. The monoisotopic (exact) mass is 271 g/mol. The van der Waals surface area contributed by atoms with Gasteiger partial charge in [-0.25, -0.2) is 13.9 Å². The minimum atomic E-state index is -1.49. The van der Waals surface area contributed by atoms with Crippen molar-refractivity contribution in [1.82, 2.24) is 15.0 Å². The summed E-state index contributed by atoms with van der Waals surface area (Å²) in [7, 11) is 0. The van der Waals surface area contributed by atoms with Crippen molar-refractivity contribution in [3.63, 3.8) is 0 Å². The van der Waals surface area contributed by atoms with Crippen molar-refractivity contribution in [2.24, 2.45) is 0 Å². The van der Waals surface area contributed by atoms with Gasteiger partial charge in [-0.1, -0.05) is 28.0 Å². The van der Waals surface area contributed by atoms with Crippen LogP contribution in [0.4, 0.5) is 9.18 Å². The zero-order chi connectivity index (χ0) is 13.1. The molecule has 1 heterocycles. The van der Waals surface area contributed by atoms with E-state index < -0.39 is 12.0 Å². The average Bonchev–Trinajstić information content (AvgIpc) is 2.70. The molecule has 0 aliphatic carbocycles. The van der Waals surface area contributed by atoms with Gasteiger partial charge in [-0.05, 0) is 12.1 Å². The van der Waals surface area contributed by atoms with Crippen LogP contribution in [-0.4, -0.2) is 26.3 Å². The molecule has 0 aliphatic rings. The Labute approximate surface area is 106 Å². The van der Waals surface area contributed by atoms with Crippen molar-refractivity contribution in [2.45, 2.75) is 6.54 Å². The van der Waals surface area contributed by atoms with E-state index in [4.69, 9.17) is 16.7 Å². The number of hydrogen-bond acceptors (Lipinski definition) is 4. The molecule has 94 valence electrons. The Morgan fingerprint density at radius 1 is 1.56 bits per heavy atom. The van der Waals surface area contributed by atoms with Crippen molar-refractivity contribution in [1.29, 1.82) is 0 Å². The van der Waals surface area contributed by atoms with Gasteiger partial charge in [0.15, 0.2) is 0 Å². The number of hydrogen-bond donors (Lipinski definition) is 1. The molecule has 0 saturated carbocycles. The SMILES string of the molecule is O=C(O)Oc1cn(Cc2c(F)cccc2Cl)nn1. The molecule has 2 rings (SSSR count). The maximum absolute atomic E-state index is 13.5. The maximum Gasteiger partial charge on any atom is 0.512 e. The molecule has 0 bridgehead atoms. The Kier molecular flexibility index (Phi) is 3.42. The van der Waals surface area contributed by atoms with Crippen LogP contribution in [0.2, 0.25) is 5.02 Å². The summed E-state index contributed by atoms with van der Waals surface area (Å²) in [4.78, 5) is 10.3. The molecule has 8 heteroatoms. The average molecular weight is 272 g/mol. The van der Waals surface area contributed by atoms with E-state index in [9.17, 15) is 9.18 Å². The Balaban J connectivity index is 2.19. The lowest BCUT2D eigenvalue weighted by atomic mass is 10.2. The molecule has 0 radical (unpaired) electrons. The van der Waals surface area contributed by atoms with Gasteiger partial charge in [-0.3, -0.25) is 0 Å². The highest BCUT2D eigenvalue weighted by molar-refractivity contribution is 6.31. The van der Waals surface area contributed by atoms with Crippen molar-refractivity contribution in [3.05, 3.63) is 40.8 Å². The van der Waals surface area contributed by atoms with Crippen LogP contribution >= 0.6 is 11.6 Å². The van der Waals surface area contributed by atoms with E-state index >= 15 is 0 Å². The molecule has 6 nitrogen and oxygen atoms in total. The van der Waals surface area contributed by atoms with Crippen LogP contribution in [0.25, 0.3) is 0 Å². The zero-order valence-corrected chi connectivity index (χ0v) is 9.63. The summed E-state index contributed by atoms with van der Waals surface area (Å²) in [5, 5.41) is 15.7. The minimum absolute atomic E-state index is 0.0293. The van der Waals surface area contributed by atoms with E-state index in [0.717, 1.165) is 0 Å². The van der Waals surface area contributed by atoms with E-state index in [1.54, 1.807) is 6.07 Å². The van der Waals surface area contributed by atoms with Gasteiger partial charge >= 0.3 is 6.16 Å². The molecular weight excluding hydrogens is 265 g/mol. The van der Waals surface area contributed by atoms with Crippen molar-refractivity contribution in [2.75, 3.05) is 0 Å². The lowest BCUT2D eigenvalue weighted by Crippen LogP contribution is -2.04. The number of aromatic nitrogens is 3. The smallest absolute Gasteiger partial charge is 0.449 e. The summed E-state index contributed by atoms with van der Waals surface area (Å²) in [5.74, 6) is -0.659. The second-order valence-electron chi connectivity index (χ2n) is 3.32. The number of ether oxygens (including phenoxy) is 1. The van der Waals surface area contributed by atoms with Crippen LogP contribution in [0.15, 0.2) is 24.4 Å². The minimum Gasteiger partial charge on any atom is -0.449 e. The summed E-state index contributed by atoms with van der Waals surface area (Å²) in [5.41, 5.74) is 0.242. The predicted octanol–water partition coefficient (Wildman–Crippen LogP) is 2.18. The molecule has 18 heavy (non-hydrogen) atoms. The number of carboxylic acid groups (broad SMARTS) is 1. The van der Waals surface area contributed by atoms with Crippen LogP contribution in [0.5, 0.6) is 5.88 Å². The van der Waals surface area contributed by atoms with E-state index in [1.165, 1.54) is 23.0 Å². The summed E-state index contributed by atoms with van der Waals surface area (Å²) in [6.45, 7) is 0.0293. The molecular formula is C10H7ClFN3O3. The fraction of sp³-hybridized carbons (Fsp3) is 0.100. The molecule has 2 aromatic rings. The highest BCUT2D eigenvalue weighted by Crippen LogP contribution is 2.20. The van der Waals surface area contributed by atoms with E-state index in [1.807, 2.05) is 0 Å². The van der Waals surface area contributed by atoms with E-state index in [0.29, 0.717) is 0 Å². The molecule has 1 N–H and O–H groups in total. The van der Waals surface area contributed by atoms with Gasteiger partial charge in [0.25, 0.3) is 5.88 Å². The maximum atomic E-state index is 13.5. The number of halogens is 2. The highest BCUT2D eigenvalue weighted by Gasteiger charge is 2.11. The van der Waals surface area contributed by atoms with Gasteiger partial charge in [-0.15, -0.1) is 0 Å². The third-order valence-corrected chi connectivity index (χ3v) is 2.45. The standard InChI is InChI=1S/C10H7ClFN3O3/c11-7-2-1-3-8(12)6(7)4-15-5-9(13-14-15)18-10(16)17/h1-3,5H,4H2,(H,16,17). The van der Waals surface area contributed by atoms with E-state index in [-0.39, 0.29) is 23.0 Å². The van der Waals surface area contributed by atoms with Crippen LogP contribution in [-0.2, 0) is 6.54 Å². The number of nitrogens with zero attached hydrogens (tertiary/aromatic N) is 3. The lowest BCUT2D eigenvalue weighted by molar-refractivity contribution is 0.142. The molecule has 0 amide bonds. The van der Waals surface area contributed by atoms with Gasteiger partial charge in [-0.2, -0.15) is 0 Å². The van der Waals surface area contributed by atoms with Crippen LogP contribution in [0, 0.1) is 5.82 Å². The Bertz CT molecular complexity index is 567. The van der Waals surface area contributed by atoms with Gasteiger partial charge < -0.3 is 9.84 Å². The van der Waals surface area contributed by atoms with Gasteiger partial charge in [0, 0.05) is 10.6 Å². The second-order valence-corrected chi connectivity index (χ2v) is 3.73. The van der Waals surface area contributed by atoms with Crippen molar-refractivity contribution < 1.29 is 19.0 Å². The van der Waals surface area contributed by atoms with Crippen LogP contribution in [0.1, 0.15) is 5.56 Å². The normalized spacial score (nSPS) is 10.3. The number of rotatable bonds is 3. The van der Waals surface area contributed by atoms with Gasteiger partial charge in [0.2, 0.25) is 0 Å². The third kappa shape index (κ3) is 2.75. The van der Waals surface area contributed by atoms with Crippen LogP contribution in [0.3, 0.4) is 0 Å². The first-order valence-corrected chi connectivity index (χ1v) is 5.18. The molecule has 0 saturated heterocycles. The summed E-state index contributed by atoms with van der Waals surface area (Å²) >= 11 is 5.84. The largest absolute Gasteiger partial charge is 0.512 e. The predicted molar refractivity (Wildman–Crippen MR) is 59.2 cm³/mol. The molecule has 0 fully saturated rings. The van der Waals surface area contributed by atoms with E-state index in [2.05, 4.69) is 15.0 Å². The topological polar surface area (TPSA) is 77.2 Å².